The molecule has 7 nitrogen and oxygen atoms in total. The van der Waals surface area contributed by atoms with Crippen LogP contribution in [0.2, 0.25) is 0 Å². The van der Waals surface area contributed by atoms with E-state index in [1.165, 1.54) is 0 Å². The molecule has 0 N–H and O–H groups in total. The summed E-state index contributed by atoms with van der Waals surface area (Å²) in [5, 5.41) is 5.06. The molecule has 3 heterocycles. The highest BCUT2D eigenvalue weighted by atomic mass is 16.5. The zero-order chi connectivity index (χ0) is 18.4. The Bertz CT molecular complexity index is 1350. The number of aromatic nitrogens is 5. The van der Waals surface area contributed by atoms with E-state index in [1.54, 1.807) is 22.4 Å². The number of hydrogen-bond donors (Lipinski definition) is 0. The van der Waals surface area contributed by atoms with Crippen molar-refractivity contribution in [1.29, 1.82) is 0 Å². The lowest BCUT2D eigenvalue weighted by Gasteiger charge is -1.99. The second-order valence-electron chi connectivity index (χ2n) is 6.34. The number of hydrogen-bond acceptors (Lipinski definition) is 5. The Balaban J connectivity index is 1.53. The summed E-state index contributed by atoms with van der Waals surface area (Å²) in [6, 6.07) is 17.4. The minimum absolute atomic E-state index is 0.122. The number of rotatable bonds is 3. The average molecular weight is 357 g/mol. The summed E-state index contributed by atoms with van der Waals surface area (Å²) >= 11 is 0. The minimum Gasteiger partial charge on any atom is -0.337 e. The molecule has 0 spiro atoms. The second-order valence-corrected chi connectivity index (χ2v) is 6.34. The number of benzene rings is 2. The molecule has 3 aromatic heterocycles. The van der Waals surface area contributed by atoms with Gasteiger partial charge in [0.25, 0.3) is 0 Å². The van der Waals surface area contributed by atoms with Crippen LogP contribution >= 0.6 is 0 Å². The molecule has 5 rings (SSSR count). The lowest BCUT2D eigenvalue weighted by molar-refractivity contribution is 0.371. The van der Waals surface area contributed by atoms with E-state index in [-0.39, 0.29) is 12.2 Å². The zero-order valence-electron chi connectivity index (χ0n) is 14.5. The summed E-state index contributed by atoms with van der Waals surface area (Å²) in [6.45, 7) is 0.216. The smallest absolute Gasteiger partial charge is 0.329 e. The molecule has 2 aromatic carbocycles. The molecule has 27 heavy (non-hydrogen) atoms. The molecule has 0 unspecified atom stereocenters. The fourth-order valence-corrected chi connectivity index (χ4v) is 3.28. The Morgan fingerprint density at radius 3 is 2.70 bits per heavy atom. The van der Waals surface area contributed by atoms with Gasteiger partial charge in [-0.1, -0.05) is 35.5 Å². The fraction of sp³-hybridized carbons (Fsp3) is 0.100. The number of aryl methyl sites for hydroxylation is 1. The van der Waals surface area contributed by atoms with Gasteiger partial charge < -0.3 is 4.52 Å². The predicted octanol–water partition coefficient (Wildman–Crippen LogP) is 2.99. The summed E-state index contributed by atoms with van der Waals surface area (Å²) in [7, 11) is 1.75. The monoisotopic (exact) mass is 357 g/mol. The first-order valence-corrected chi connectivity index (χ1v) is 8.53. The van der Waals surface area contributed by atoms with Gasteiger partial charge >= 0.3 is 5.69 Å². The molecule has 0 aliphatic rings. The van der Waals surface area contributed by atoms with Crippen molar-refractivity contribution in [3.63, 3.8) is 0 Å². The second kappa shape index (κ2) is 5.91. The third-order valence-electron chi connectivity index (χ3n) is 4.66. The molecule has 0 amide bonds. The number of nitrogens with zero attached hydrogens (tertiary/aromatic N) is 5. The molecular formula is C20H15N5O2. The molecule has 0 bridgehead atoms. The number of imidazole rings is 1. The molecule has 0 atom stereocenters. The molecule has 7 heteroatoms. The van der Waals surface area contributed by atoms with Crippen molar-refractivity contribution < 1.29 is 4.52 Å². The third-order valence-corrected chi connectivity index (χ3v) is 4.66. The van der Waals surface area contributed by atoms with E-state index in [4.69, 9.17) is 4.52 Å². The highest BCUT2D eigenvalue weighted by molar-refractivity contribution is 5.82. The average Bonchev–Trinajstić information content (AvgIpc) is 3.27. The van der Waals surface area contributed by atoms with Gasteiger partial charge in [0, 0.05) is 24.2 Å². The Labute approximate surface area is 153 Å². The Morgan fingerprint density at radius 1 is 1.04 bits per heavy atom. The Morgan fingerprint density at radius 2 is 1.81 bits per heavy atom. The number of para-hydroxylation sites is 3. The van der Waals surface area contributed by atoms with Crippen LogP contribution in [0, 0.1) is 0 Å². The topological polar surface area (TPSA) is 78.7 Å². The standard InChI is InChI=1S/C20H15N5O2/c1-24-16-8-4-5-9-17(16)25(20(24)26)12-18-22-19(23-27-18)14-10-13-6-2-3-7-15(13)21-11-14/h2-11H,12H2,1H3. The molecule has 0 saturated heterocycles. The third kappa shape index (κ3) is 2.52. The molecule has 5 aromatic rings. The maximum Gasteiger partial charge on any atom is 0.329 e. The normalized spacial score (nSPS) is 11.4. The van der Waals surface area contributed by atoms with Crippen LogP contribution in [-0.2, 0) is 13.6 Å². The highest BCUT2D eigenvalue weighted by Crippen LogP contribution is 2.21. The van der Waals surface area contributed by atoms with Crippen LogP contribution in [0.5, 0.6) is 0 Å². The van der Waals surface area contributed by atoms with E-state index in [0.717, 1.165) is 27.5 Å². The van der Waals surface area contributed by atoms with Crippen molar-refractivity contribution in [2.45, 2.75) is 6.54 Å². The summed E-state index contributed by atoms with van der Waals surface area (Å²) in [5.74, 6) is 0.827. The summed E-state index contributed by atoms with van der Waals surface area (Å²) < 4.78 is 8.63. The van der Waals surface area contributed by atoms with Crippen molar-refractivity contribution >= 4 is 21.9 Å². The molecule has 0 aliphatic carbocycles. The largest absolute Gasteiger partial charge is 0.337 e. The van der Waals surface area contributed by atoms with Gasteiger partial charge in [-0.3, -0.25) is 14.1 Å². The van der Waals surface area contributed by atoms with Crippen LogP contribution in [0.25, 0.3) is 33.3 Å². The molecule has 0 saturated carbocycles. The van der Waals surface area contributed by atoms with E-state index in [0.29, 0.717) is 11.7 Å². The van der Waals surface area contributed by atoms with Gasteiger partial charge in [-0.25, -0.2) is 4.79 Å². The molecule has 0 radical (unpaired) electrons. The van der Waals surface area contributed by atoms with Crippen LogP contribution in [0.15, 0.2) is 70.1 Å². The fourth-order valence-electron chi connectivity index (χ4n) is 3.28. The molecule has 132 valence electrons. The zero-order valence-corrected chi connectivity index (χ0v) is 14.5. The SMILES string of the molecule is Cn1c(=O)n(Cc2nc(-c3cnc4ccccc4c3)no2)c2ccccc21. The van der Waals surface area contributed by atoms with E-state index in [1.807, 2.05) is 54.6 Å². The van der Waals surface area contributed by atoms with Crippen molar-refractivity contribution in [1.82, 2.24) is 24.3 Å². The van der Waals surface area contributed by atoms with Gasteiger partial charge in [0.2, 0.25) is 11.7 Å². The van der Waals surface area contributed by atoms with Crippen molar-refractivity contribution in [2.75, 3.05) is 0 Å². The van der Waals surface area contributed by atoms with E-state index >= 15 is 0 Å². The Kier molecular flexibility index (Phi) is 3.39. The van der Waals surface area contributed by atoms with Crippen LogP contribution in [0.1, 0.15) is 5.89 Å². The van der Waals surface area contributed by atoms with E-state index in [2.05, 4.69) is 15.1 Å². The molecule has 0 aliphatic heterocycles. The van der Waals surface area contributed by atoms with E-state index in [9.17, 15) is 4.79 Å². The van der Waals surface area contributed by atoms with E-state index < -0.39 is 0 Å². The minimum atomic E-state index is -0.122. The predicted molar refractivity (Wildman–Crippen MR) is 101 cm³/mol. The molecular weight excluding hydrogens is 342 g/mol. The quantitative estimate of drug-likeness (QED) is 0.496. The first-order valence-electron chi connectivity index (χ1n) is 8.53. The maximum absolute atomic E-state index is 12.5. The van der Waals surface area contributed by atoms with Gasteiger partial charge in [0.1, 0.15) is 6.54 Å². The number of fused-ring (bicyclic) bond motifs is 2. The lowest BCUT2D eigenvalue weighted by Crippen LogP contribution is -2.22. The van der Waals surface area contributed by atoms with Gasteiger partial charge in [-0.05, 0) is 24.3 Å². The first kappa shape index (κ1) is 15.5. The molecule has 0 fully saturated rings. The van der Waals surface area contributed by atoms with Gasteiger partial charge in [0.15, 0.2) is 0 Å². The van der Waals surface area contributed by atoms with Crippen molar-refractivity contribution in [3.8, 4) is 11.4 Å². The first-order chi connectivity index (χ1) is 13.2. The Hall–Kier alpha value is -3.74. The summed E-state index contributed by atoms with van der Waals surface area (Å²) in [6.07, 6.45) is 1.72. The van der Waals surface area contributed by atoms with Crippen molar-refractivity contribution in [2.24, 2.45) is 7.05 Å². The van der Waals surface area contributed by atoms with Gasteiger partial charge in [-0.15, -0.1) is 0 Å². The highest BCUT2D eigenvalue weighted by Gasteiger charge is 2.15. The van der Waals surface area contributed by atoms with Crippen LogP contribution in [-0.4, -0.2) is 24.3 Å². The van der Waals surface area contributed by atoms with Crippen molar-refractivity contribution in [3.05, 3.63) is 77.2 Å². The van der Waals surface area contributed by atoms with Crippen LogP contribution < -0.4 is 5.69 Å². The lowest BCUT2D eigenvalue weighted by atomic mass is 10.1. The summed E-state index contributed by atoms with van der Waals surface area (Å²) in [4.78, 5) is 21.4. The maximum atomic E-state index is 12.5. The van der Waals surface area contributed by atoms with Crippen LogP contribution in [0.4, 0.5) is 0 Å². The van der Waals surface area contributed by atoms with Crippen LogP contribution in [0.3, 0.4) is 0 Å². The number of pyridine rings is 1. The van der Waals surface area contributed by atoms with Gasteiger partial charge in [0.05, 0.1) is 16.6 Å². The van der Waals surface area contributed by atoms with Gasteiger partial charge in [-0.2, -0.15) is 4.98 Å². The summed E-state index contributed by atoms with van der Waals surface area (Å²) in [5.41, 5.74) is 3.25.